The van der Waals surface area contributed by atoms with E-state index in [0.717, 1.165) is 0 Å². The Bertz CT molecular complexity index is 317. The van der Waals surface area contributed by atoms with E-state index < -0.39 is 6.09 Å². The van der Waals surface area contributed by atoms with Gasteiger partial charge in [0.25, 0.3) is 0 Å². The molecule has 0 aliphatic rings. The van der Waals surface area contributed by atoms with Crippen molar-refractivity contribution < 1.29 is 14.3 Å². The van der Waals surface area contributed by atoms with Crippen molar-refractivity contribution in [1.29, 1.82) is 0 Å². The normalized spacial score (nSPS) is 10.4. The van der Waals surface area contributed by atoms with E-state index in [1.54, 1.807) is 0 Å². The largest absolute Gasteiger partial charge is 0.445 e. The predicted molar refractivity (Wildman–Crippen MR) is 68.1 cm³/mol. The molecule has 5 N–H and O–H groups in total. The van der Waals surface area contributed by atoms with Gasteiger partial charge in [0.15, 0.2) is 5.96 Å². The van der Waals surface area contributed by atoms with Crippen molar-refractivity contribution in [1.82, 2.24) is 16.0 Å². The van der Waals surface area contributed by atoms with Crippen LogP contribution >= 0.6 is 0 Å². The first-order chi connectivity index (χ1) is 8.60. The van der Waals surface area contributed by atoms with E-state index in [1.165, 1.54) is 13.1 Å². The molecule has 8 heteroatoms. The van der Waals surface area contributed by atoms with Crippen molar-refractivity contribution in [2.24, 2.45) is 10.7 Å². The Morgan fingerprint density at radius 2 is 2.06 bits per heavy atom. The van der Waals surface area contributed by atoms with Crippen LogP contribution in [-0.4, -0.2) is 51.2 Å². The second kappa shape index (κ2) is 9.94. The van der Waals surface area contributed by atoms with Gasteiger partial charge in [-0.15, -0.1) is 0 Å². The van der Waals surface area contributed by atoms with Gasteiger partial charge >= 0.3 is 6.09 Å². The van der Waals surface area contributed by atoms with Gasteiger partial charge in [-0.2, -0.15) is 0 Å². The predicted octanol–water partition coefficient (Wildman–Crippen LogP) is -1.45. The van der Waals surface area contributed by atoms with E-state index in [1.807, 2.05) is 0 Å². The maximum Gasteiger partial charge on any atom is 0.407 e. The lowest BCUT2D eigenvalue weighted by Crippen LogP contribution is -2.39. The fraction of sp³-hybridized carbons (Fsp3) is 0.500. The minimum Gasteiger partial charge on any atom is -0.445 e. The second-order valence-electron chi connectivity index (χ2n) is 3.12. The standard InChI is InChI=1S/C10H19N5O3/c1-3-6-18-10(17)14-5-4-13-9(11)15-7-8(16)12-2/h3H,1,4-7H2,2H3,(H,12,16)(H,14,17)(H3,11,13,15). The molecule has 8 nitrogen and oxygen atoms in total. The zero-order valence-corrected chi connectivity index (χ0v) is 10.4. The summed E-state index contributed by atoms with van der Waals surface area (Å²) in [4.78, 5) is 25.6. The molecule has 0 aromatic heterocycles. The number of nitrogens with zero attached hydrogens (tertiary/aromatic N) is 1. The molecule has 0 saturated heterocycles. The Morgan fingerprint density at radius 1 is 1.39 bits per heavy atom. The van der Waals surface area contributed by atoms with Crippen molar-refractivity contribution in [2.45, 2.75) is 0 Å². The molecule has 0 bridgehead atoms. The van der Waals surface area contributed by atoms with Crippen LogP contribution in [0.1, 0.15) is 0 Å². The van der Waals surface area contributed by atoms with E-state index in [9.17, 15) is 9.59 Å². The molecule has 0 atom stereocenters. The maximum atomic E-state index is 11.0. The summed E-state index contributed by atoms with van der Waals surface area (Å²) in [6.07, 6.45) is 0.943. The van der Waals surface area contributed by atoms with Crippen LogP contribution in [0.3, 0.4) is 0 Å². The summed E-state index contributed by atoms with van der Waals surface area (Å²) < 4.78 is 4.68. The van der Waals surface area contributed by atoms with Crippen LogP contribution in [0.25, 0.3) is 0 Å². The number of carbonyl (C=O) groups excluding carboxylic acids is 2. The molecule has 0 rings (SSSR count). The van der Waals surface area contributed by atoms with Crippen LogP contribution in [0.5, 0.6) is 0 Å². The van der Waals surface area contributed by atoms with Crippen LogP contribution in [-0.2, 0) is 9.53 Å². The summed E-state index contributed by atoms with van der Waals surface area (Å²) in [5, 5.41) is 7.63. The van der Waals surface area contributed by atoms with Crippen molar-refractivity contribution in [3.05, 3.63) is 12.7 Å². The van der Waals surface area contributed by atoms with E-state index in [0.29, 0.717) is 13.1 Å². The SMILES string of the molecule is C=CCOC(=O)NCCNC(N)=NCC(=O)NC. The molecule has 18 heavy (non-hydrogen) atoms. The number of rotatable bonds is 7. The smallest absolute Gasteiger partial charge is 0.407 e. The molecule has 0 aromatic rings. The minimum absolute atomic E-state index is 0.0376. The Balaban J connectivity index is 3.61. The second-order valence-corrected chi connectivity index (χ2v) is 3.12. The number of hydrogen-bond acceptors (Lipinski definition) is 4. The van der Waals surface area contributed by atoms with Crippen LogP contribution < -0.4 is 21.7 Å². The maximum absolute atomic E-state index is 11.0. The van der Waals surface area contributed by atoms with Gasteiger partial charge in [0.2, 0.25) is 5.91 Å². The number of nitrogens with one attached hydrogen (secondary N) is 3. The van der Waals surface area contributed by atoms with Gasteiger partial charge in [-0.3, -0.25) is 4.79 Å². The molecule has 0 aliphatic carbocycles. The lowest BCUT2D eigenvalue weighted by atomic mass is 10.6. The third-order valence-electron chi connectivity index (χ3n) is 1.70. The van der Waals surface area contributed by atoms with Crippen LogP contribution in [0.15, 0.2) is 17.6 Å². The van der Waals surface area contributed by atoms with Crippen molar-refractivity contribution in [2.75, 3.05) is 33.3 Å². The Labute approximate surface area is 106 Å². The summed E-state index contributed by atoms with van der Waals surface area (Å²) in [5.74, 6) is -0.0919. The Morgan fingerprint density at radius 3 is 2.67 bits per heavy atom. The molecule has 0 unspecified atom stereocenters. The third-order valence-corrected chi connectivity index (χ3v) is 1.70. The third kappa shape index (κ3) is 9.01. The first kappa shape index (κ1) is 15.8. The van der Waals surface area contributed by atoms with Gasteiger partial charge in [0.05, 0.1) is 0 Å². The Kier molecular flexibility index (Phi) is 8.70. The van der Waals surface area contributed by atoms with Gasteiger partial charge in [0.1, 0.15) is 13.2 Å². The fourth-order valence-corrected chi connectivity index (χ4v) is 0.833. The first-order valence-electron chi connectivity index (χ1n) is 5.36. The quantitative estimate of drug-likeness (QED) is 0.193. The lowest BCUT2D eigenvalue weighted by Gasteiger charge is -2.07. The molecule has 0 spiro atoms. The van der Waals surface area contributed by atoms with E-state index in [4.69, 9.17) is 5.73 Å². The summed E-state index contributed by atoms with van der Waals surface area (Å²) in [5.41, 5.74) is 5.48. The number of likely N-dealkylation sites (N-methyl/N-ethyl adjacent to an activating group) is 1. The number of amides is 2. The molecule has 0 aromatic carbocycles. The zero-order valence-electron chi connectivity index (χ0n) is 10.4. The number of guanidine groups is 1. The van der Waals surface area contributed by atoms with Crippen molar-refractivity contribution in [3.63, 3.8) is 0 Å². The van der Waals surface area contributed by atoms with Crippen LogP contribution in [0, 0.1) is 0 Å². The zero-order chi connectivity index (χ0) is 13.8. The number of aliphatic imine (C=N–C) groups is 1. The number of nitrogens with two attached hydrogens (primary N) is 1. The van der Waals surface area contributed by atoms with Crippen molar-refractivity contribution >= 4 is 18.0 Å². The molecular formula is C10H19N5O3. The van der Waals surface area contributed by atoms with Crippen molar-refractivity contribution in [3.8, 4) is 0 Å². The van der Waals surface area contributed by atoms with Gasteiger partial charge in [-0.1, -0.05) is 12.7 Å². The topological polar surface area (TPSA) is 118 Å². The number of carbonyl (C=O) groups is 2. The summed E-state index contributed by atoms with van der Waals surface area (Å²) in [6, 6.07) is 0. The monoisotopic (exact) mass is 257 g/mol. The van der Waals surface area contributed by atoms with E-state index in [2.05, 4.69) is 32.3 Å². The van der Waals surface area contributed by atoms with Crippen LogP contribution in [0.4, 0.5) is 4.79 Å². The minimum atomic E-state index is -0.530. The number of ether oxygens (including phenoxy) is 1. The molecule has 0 heterocycles. The fourth-order valence-electron chi connectivity index (χ4n) is 0.833. The van der Waals surface area contributed by atoms with Gasteiger partial charge in [-0.25, -0.2) is 9.79 Å². The summed E-state index contributed by atoms with van der Waals surface area (Å²) in [7, 11) is 1.51. The number of alkyl carbamates (subject to hydrolysis) is 1. The first-order valence-corrected chi connectivity index (χ1v) is 5.36. The average Bonchev–Trinajstić information content (AvgIpc) is 2.38. The molecular weight excluding hydrogens is 238 g/mol. The number of hydrogen-bond donors (Lipinski definition) is 4. The highest BCUT2D eigenvalue weighted by Crippen LogP contribution is 1.77. The van der Waals surface area contributed by atoms with Gasteiger partial charge < -0.3 is 26.4 Å². The lowest BCUT2D eigenvalue weighted by molar-refractivity contribution is -0.119. The van der Waals surface area contributed by atoms with Crippen LogP contribution in [0.2, 0.25) is 0 Å². The average molecular weight is 257 g/mol. The summed E-state index contributed by atoms with van der Waals surface area (Å²) >= 11 is 0. The Hall–Kier alpha value is -2.25. The van der Waals surface area contributed by atoms with E-state index >= 15 is 0 Å². The molecule has 0 fully saturated rings. The van der Waals surface area contributed by atoms with Gasteiger partial charge in [0, 0.05) is 20.1 Å². The summed E-state index contributed by atoms with van der Waals surface area (Å²) in [6.45, 7) is 4.24. The highest BCUT2D eigenvalue weighted by atomic mass is 16.5. The molecule has 2 amide bonds. The molecule has 0 radical (unpaired) electrons. The highest BCUT2D eigenvalue weighted by Gasteiger charge is 1.99. The highest BCUT2D eigenvalue weighted by molar-refractivity contribution is 5.83. The molecule has 102 valence electrons. The molecule has 0 saturated carbocycles. The van der Waals surface area contributed by atoms with E-state index in [-0.39, 0.29) is 25.0 Å². The molecule has 0 aliphatic heterocycles. The van der Waals surface area contributed by atoms with Gasteiger partial charge in [-0.05, 0) is 0 Å².